The maximum absolute atomic E-state index is 14.1. The van der Waals surface area contributed by atoms with Crippen LogP contribution in [0.5, 0.6) is 11.5 Å². The van der Waals surface area contributed by atoms with Crippen LogP contribution < -0.4 is 14.8 Å². The summed E-state index contributed by atoms with van der Waals surface area (Å²) in [6.45, 7) is 4.52. The Morgan fingerprint density at radius 1 is 0.875 bits per heavy atom. The molecule has 0 saturated heterocycles. The highest BCUT2D eigenvalue weighted by Crippen LogP contribution is 2.36. The maximum Gasteiger partial charge on any atom is 0.267 e. The van der Waals surface area contributed by atoms with Gasteiger partial charge in [0.25, 0.3) is 5.91 Å². The summed E-state index contributed by atoms with van der Waals surface area (Å²) in [6, 6.07) is 21.5. The lowest BCUT2D eigenvalue weighted by atomic mass is 10.1. The van der Waals surface area contributed by atoms with Crippen molar-refractivity contribution >= 4 is 28.2 Å². The zero-order valence-electron chi connectivity index (χ0n) is 23.0. The topological polar surface area (TPSA) is 88.8 Å². The molecule has 5 aromatic rings. The summed E-state index contributed by atoms with van der Waals surface area (Å²) in [6.07, 6.45) is 3.62. The van der Waals surface area contributed by atoms with Crippen LogP contribution in [0, 0.1) is 13.8 Å². The number of anilines is 2. The summed E-state index contributed by atoms with van der Waals surface area (Å²) in [5.74, 6) is 1.21. The first-order chi connectivity index (χ1) is 19.4. The number of aromatic nitrogens is 3. The summed E-state index contributed by atoms with van der Waals surface area (Å²) in [4.78, 5) is 14.1. The predicted molar refractivity (Wildman–Crippen MR) is 154 cm³/mol. The number of fused-ring (bicyclic) bond motifs is 1. The Kier molecular flexibility index (Phi) is 8.14. The van der Waals surface area contributed by atoms with Crippen molar-refractivity contribution < 1.29 is 23.7 Å². The van der Waals surface area contributed by atoms with Crippen molar-refractivity contribution in [3.8, 4) is 11.5 Å². The summed E-state index contributed by atoms with van der Waals surface area (Å²) >= 11 is 0. The number of nitrogens with one attached hydrogen (secondary N) is 1. The number of hydrogen-bond donors (Lipinski definition) is 1. The van der Waals surface area contributed by atoms with Gasteiger partial charge in [0, 0.05) is 44.8 Å². The van der Waals surface area contributed by atoms with Crippen molar-refractivity contribution in [1.82, 2.24) is 14.3 Å². The summed E-state index contributed by atoms with van der Waals surface area (Å²) in [5.41, 5.74) is 3.95. The van der Waals surface area contributed by atoms with Crippen molar-refractivity contribution in [3.05, 3.63) is 102 Å². The molecule has 0 bridgehead atoms. The minimum Gasteiger partial charge on any atom is -0.467 e. The van der Waals surface area contributed by atoms with Gasteiger partial charge in [-0.05, 0) is 30.2 Å². The average Bonchev–Trinajstić information content (AvgIpc) is 3.54. The third-order valence-corrected chi connectivity index (χ3v) is 6.37. The predicted octanol–water partition coefficient (Wildman–Crippen LogP) is 5.90. The van der Waals surface area contributed by atoms with E-state index in [1.165, 1.54) is 12.7 Å². The number of hydrogen-bond acceptors (Lipinski definition) is 7. The first-order valence-electron chi connectivity index (χ1n) is 12.8. The van der Waals surface area contributed by atoms with Crippen LogP contribution in [0.2, 0.25) is 0 Å². The second-order valence-corrected chi connectivity index (χ2v) is 9.48. The van der Waals surface area contributed by atoms with Crippen LogP contribution in [0.4, 0.5) is 11.5 Å². The minimum absolute atomic E-state index is 0.0317. The van der Waals surface area contributed by atoms with Gasteiger partial charge in [-0.3, -0.25) is 9.36 Å². The van der Waals surface area contributed by atoms with Gasteiger partial charge in [0.1, 0.15) is 22.9 Å². The highest BCUT2D eigenvalue weighted by atomic mass is 16.7. The zero-order valence-corrected chi connectivity index (χ0v) is 23.0. The third-order valence-electron chi connectivity index (χ3n) is 6.37. The number of methoxy groups -OCH3 is 2. The Morgan fingerprint density at radius 2 is 1.55 bits per heavy atom. The zero-order chi connectivity index (χ0) is 28.1. The molecule has 3 aromatic carbocycles. The SMILES string of the molecule is COCOc1cc(Nc2cc(C)nn2Cc2ccc(C)cc2)c(C(=O)n2cc3ccccc3c2)c(OCOC)c1. The molecular formula is C31H32N4O5. The van der Waals surface area contributed by atoms with Gasteiger partial charge >= 0.3 is 0 Å². The second kappa shape index (κ2) is 12.1. The first-order valence-corrected chi connectivity index (χ1v) is 12.8. The van der Waals surface area contributed by atoms with Gasteiger partial charge in [0.15, 0.2) is 13.6 Å². The molecule has 0 aliphatic rings. The molecule has 0 unspecified atom stereocenters. The maximum atomic E-state index is 14.1. The van der Waals surface area contributed by atoms with Crippen molar-refractivity contribution in [2.24, 2.45) is 0 Å². The Balaban J connectivity index is 1.59. The number of aryl methyl sites for hydroxylation is 2. The smallest absolute Gasteiger partial charge is 0.267 e. The van der Waals surface area contributed by atoms with Gasteiger partial charge in [0.05, 0.1) is 17.9 Å². The van der Waals surface area contributed by atoms with E-state index in [0.29, 0.717) is 35.1 Å². The molecule has 0 aliphatic carbocycles. The Hall–Kier alpha value is -4.60. The van der Waals surface area contributed by atoms with Crippen molar-refractivity contribution in [1.29, 1.82) is 0 Å². The molecule has 0 fully saturated rings. The fourth-order valence-electron chi connectivity index (χ4n) is 4.46. The lowest BCUT2D eigenvalue weighted by Crippen LogP contribution is -2.16. The van der Waals surface area contributed by atoms with E-state index in [9.17, 15) is 4.79 Å². The molecule has 40 heavy (non-hydrogen) atoms. The number of nitrogens with zero attached hydrogens (tertiary/aromatic N) is 3. The fraction of sp³-hybridized carbons (Fsp3) is 0.226. The molecular weight excluding hydrogens is 508 g/mol. The van der Waals surface area contributed by atoms with Crippen molar-refractivity contribution in [3.63, 3.8) is 0 Å². The van der Waals surface area contributed by atoms with E-state index >= 15 is 0 Å². The molecule has 0 amide bonds. The lowest BCUT2D eigenvalue weighted by molar-refractivity contribution is 0.0456. The molecule has 0 radical (unpaired) electrons. The third kappa shape index (κ3) is 6.01. The Labute approximate surface area is 232 Å². The van der Waals surface area contributed by atoms with Gasteiger partial charge in [0.2, 0.25) is 0 Å². The summed E-state index contributed by atoms with van der Waals surface area (Å²) in [7, 11) is 3.07. The minimum atomic E-state index is -0.274. The molecule has 206 valence electrons. The molecule has 0 atom stereocenters. The molecule has 1 N–H and O–H groups in total. The van der Waals surface area contributed by atoms with Crippen LogP contribution in [0.3, 0.4) is 0 Å². The molecule has 0 saturated carbocycles. The van der Waals surface area contributed by atoms with E-state index in [1.807, 2.05) is 54.3 Å². The number of carbonyl (C=O) groups is 1. The molecule has 9 nitrogen and oxygen atoms in total. The number of ether oxygens (including phenoxy) is 4. The molecule has 2 aromatic heterocycles. The van der Waals surface area contributed by atoms with Crippen molar-refractivity contribution in [2.45, 2.75) is 20.4 Å². The normalized spacial score (nSPS) is 11.1. The highest BCUT2D eigenvalue weighted by molar-refractivity contribution is 6.06. The lowest BCUT2D eigenvalue weighted by Gasteiger charge is -2.19. The summed E-state index contributed by atoms with van der Waals surface area (Å²) in [5, 5.41) is 10.0. The van der Waals surface area contributed by atoms with Gasteiger partial charge in [-0.2, -0.15) is 5.10 Å². The number of carbonyl (C=O) groups excluding carboxylic acids is 1. The molecule has 0 aliphatic heterocycles. The highest BCUT2D eigenvalue weighted by Gasteiger charge is 2.23. The van der Waals surface area contributed by atoms with Crippen LogP contribution in [0.25, 0.3) is 10.8 Å². The largest absolute Gasteiger partial charge is 0.467 e. The molecule has 0 spiro atoms. The van der Waals surface area contributed by atoms with E-state index in [1.54, 1.807) is 23.8 Å². The number of rotatable bonds is 11. The van der Waals surface area contributed by atoms with Gasteiger partial charge in [-0.25, -0.2) is 4.68 Å². The first kappa shape index (κ1) is 27.0. The molecule has 9 heteroatoms. The Morgan fingerprint density at radius 3 is 2.23 bits per heavy atom. The second-order valence-electron chi connectivity index (χ2n) is 9.48. The Bertz CT molecular complexity index is 1590. The standard InChI is InChI=1S/C31H32N4O5/c1-21-9-11-23(12-10-21)16-35-29(13-22(2)33-35)32-27-14-26(39-19-37-3)15-28(40-20-38-4)30(27)31(36)34-17-24-7-5-6-8-25(24)18-34/h5-15,17-18,32H,16,19-20H2,1-4H3. The van der Waals surface area contributed by atoms with Gasteiger partial charge in [-0.15, -0.1) is 0 Å². The summed E-state index contributed by atoms with van der Waals surface area (Å²) < 4.78 is 25.4. The quantitative estimate of drug-likeness (QED) is 0.209. The monoisotopic (exact) mass is 540 g/mol. The van der Waals surface area contributed by atoms with Crippen LogP contribution in [0.1, 0.15) is 27.2 Å². The van der Waals surface area contributed by atoms with Crippen LogP contribution in [-0.4, -0.2) is 48.1 Å². The van der Waals surface area contributed by atoms with E-state index < -0.39 is 0 Å². The van der Waals surface area contributed by atoms with E-state index in [-0.39, 0.29) is 19.5 Å². The van der Waals surface area contributed by atoms with Crippen LogP contribution in [-0.2, 0) is 16.0 Å². The molecule has 2 heterocycles. The molecule has 5 rings (SSSR count). The van der Waals surface area contributed by atoms with E-state index in [2.05, 4.69) is 36.5 Å². The fourth-order valence-corrected chi connectivity index (χ4v) is 4.46. The number of benzene rings is 3. The average molecular weight is 541 g/mol. The van der Waals surface area contributed by atoms with Gasteiger partial charge < -0.3 is 24.3 Å². The van der Waals surface area contributed by atoms with E-state index in [4.69, 9.17) is 24.0 Å². The van der Waals surface area contributed by atoms with Crippen molar-refractivity contribution in [2.75, 3.05) is 33.1 Å². The van der Waals surface area contributed by atoms with Crippen LogP contribution >= 0.6 is 0 Å². The van der Waals surface area contributed by atoms with Crippen LogP contribution in [0.15, 0.2) is 79.1 Å². The van der Waals surface area contributed by atoms with E-state index in [0.717, 1.165) is 22.0 Å². The van der Waals surface area contributed by atoms with Gasteiger partial charge in [-0.1, -0.05) is 54.1 Å².